The van der Waals surface area contributed by atoms with E-state index in [4.69, 9.17) is 23.7 Å². The molecule has 0 N–H and O–H groups in total. The molecule has 1 rings (SSSR count). The highest BCUT2D eigenvalue weighted by Crippen LogP contribution is 2.09. The van der Waals surface area contributed by atoms with Crippen LogP contribution in [-0.4, -0.2) is 59.9 Å². The second-order valence-corrected chi connectivity index (χ2v) is 8.62. The summed E-state index contributed by atoms with van der Waals surface area (Å²) in [4.78, 5) is 52.0. The van der Waals surface area contributed by atoms with E-state index in [-0.39, 0.29) is 6.61 Å². The molecular weight excluding hydrogens is 462 g/mol. The Kier molecular flexibility index (Phi) is 11.2. The molecule has 0 aromatic heterocycles. The molecule has 0 saturated carbocycles. The average molecular weight is 495 g/mol. The van der Waals surface area contributed by atoms with E-state index in [1.807, 2.05) is 6.07 Å². The summed E-state index contributed by atoms with van der Waals surface area (Å²) >= 11 is 0. The van der Waals surface area contributed by atoms with Crippen LogP contribution in [0, 0.1) is 0 Å². The van der Waals surface area contributed by atoms with Crippen molar-refractivity contribution >= 4 is 30.0 Å². The fourth-order valence-electron chi connectivity index (χ4n) is 2.30. The first-order valence-electron chi connectivity index (χ1n) is 11.0. The molecule has 35 heavy (non-hydrogen) atoms. The van der Waals surface area contributed by atoms with Crippen molar-refractivity contribution in [2.24, 2.45) is 4.99 Å². The van der Waals surface area contributed by atoms with E-state index in [9.17, 15) is 24.3 Å². The zero-order valence-electron chi connectivity index (χ0n) is 20.9. The predicted molar refractivity (Wildman–Crippen MR) is 121 cm³/mol. The van der Waals surface area contributed by atoms with Gasteiger partial charge in [0.2, 0.25) is 0 Å². The van der Waals surface area contributed by atoms with Gasteiger partial charge in [-0.2, -0.15) is 0 Å². The van der Waals surface area contributed by atoms with Gasteiger partial charge in [-0.05, 0) is 33.3 Å². The van der Waals surface area contributed by atoms with Gasteiger partial charge in [0.05, 0.1) is 0 Å². The molecule has 194 valence electrons. The van der Waals surface area contributed by atoms with Gasteiger partial charge < -0.3 is 28.8 Å². The highest BCUT2D eigenvalue weighted by molar-refractivity contribution is 5.85. The van der Waals surface area contributed by atoms with E-state index in [1.54, 1.807) is 45.0 Å². The van der Waals surface area contributed by atoms with Crippen molar-refractivity contribution in [2.45, 2.75) is 85.0 Å². The molecule has 1 aromatic carbocycles. The van der Waals surface area contributed by atoms with Gasteiger partial charge in [0.15, 0.2) is 18.3 Å². The molecule has 1 aromatic rings. The number of esters is 4. The number of hydrogen-bond acceptors (Lipinski definition) is 11. The number of nitrogens with zero attached hydrogens (tertiary/aromatic N) is 1. The van der Waals surface area contributed by atoms with Crippen LogP contribution >= 0.6 is 0 Å². The Balaban J connectivity index is 2.50. The van der Waals surface area contributed by atoms with Crippen LogP contribution in [0.2, 0.25) is 0 Å². The van der Waals surface area contributed by atoms with E-state index in [0.29, 0.717) is 0 Å². The molecule has 0 aliphatic rings. The molecule has 0 aliphatic carbocycles. The van der Waals surface area contributed by atoms with E-state index in [2.05, 4.69) is 4.99 Å². The predicted octanol–water partition coefficient (Wildman–Crippen LogP) is 1.44. The quantitative estimate of drug-likeness (QED) is 0.202. The Labute approximate surface area is 204 Å². The standard InChI is InChI=1S/C24H33NO10/c1-14(25-23(30)35-24(5,6)7)19(26)32-16(3)21(28)34-17(4)22(29)33-15(2)20(27)31-13-18-11-9-8-10-12-18/h8-12,14-17H,13H2,1-7H3,(H,25,30)/p-1/t14-,15-,16-,17-/m0/s1. The number of carbonyl (C=O) groups excluding carboxylic acids is 4. The maximum atomic E-state index is 12.2. The Bertz CT molecular complexity index is 907. The van der Waals surface area contributed by atoms with Crippen LogP contribution < -0.4 is 5.11 Å². The SMILES string of the molecule is C[C@H](N=C([O-])OC(C)(C)C)C(=O)O[C@@H](C)C(=O)O[C@@H](C)C(=O)O[C@@H](C)C(=O)OCc1ccccc1. The van der Waals surface area contributed by atoms with Crippen LogP contribution in [0.1, 0.15) is 54.0 Å². The molecule has 0 spiro atoms. The molecule has 0 saturated heterocycles. The highest BCUT2D eigenvalue weighted by atomic mass is 16.6. The first-order valence-corrected chi connectivity index (χ1v) is 11.0. The molecule has 11 heteroatoms. The van der Waals surface area contributed by atoms with Crippen molar-refractivity contribution < 1.29 is 48.0 Å². The Morgan fingerprint density at radius 1 is 0.800 bits per heavy atom. The molecule has 0 radical (unpaired) electrons. The van der Waals surface area contributed by atoms with E-state index < -0.39 is 59.9 Å². The average Bonchev–Trinajstić information content (AvgIpc) is 2.76. The summed E-state index contributed by atoms with van der Waals surface area (Å²) < 4.78 is 24.9. The van der Waals surface area contributed by atoms with Crippen molar-refractivity contribution in [2.75, 3.05) is 0 Å². The van der Waals surface area contributed by atoms with Gasteiger partial charge in [0, 0.05) is 5.60 Å². The number of ether oxygens (including phenoxy) is 5. The summed E-state index contributed by atoms with van der Waals surface area (Å²) in [5, 5.41) is 11.7. The van der Waals surface area contributed by atoms with Crippen LogP contribution in [0.3, 0.4) is 0 Å². The van der Waals surface area contributed by atoms with Crippen LogP contribution in [0.25, 0.3) is 0 Å². The van der Waals surface area contributed by atoms with E-state index in [0.717, 1.165) is 5.56 Å². The van der Waals surface area contributed by atoms with Crippen molar-refractivity contribution in [3.05, 3.63) is 35.9 Å². The summed E-state index contributed by atoms with van der Waals surface area (Å²) in [6.07, 6.45) is -4.98. The largest absolute Gasteiger partial charge is 0.595 e. The van der Waals surface area contributed by atoms with Gasteiger partial charge in [-0.3, -0.25) is 4.99 Å². The first-order chi connectivity index (χ1) is 16.2. The Morgan fingerprint density at radius 2 is 1.26 bits per heavy atom. The van der Waals surface area contributed by atoms with E-state index >= 15 is 0 Å². The highest BCUT2D eigenvalue weighted by Gasteiger charge is 2.29. The molecule has 0 fully saturated rings. The third kappa shape index (κ3) is 11.4. The fourth-order valence-corrected chi connectivity index (χ4v) is 2.30. The normalized spacial score (nSPS) is 15.1. The lowest BCUT2D eigenvalue weighted by Gasteiger charge is -2.29. The van der Waals surface area contributed by atoms with Crippen LogP contribution in [-0.2, 0) is 49.5 Å². The zero-order chi connectivity index (χ0) is 26.8. The third-order valence-corrected chi connectivity index (χ3v) is 4.13. The molecule has 0 bridgehead atoms. The lowest BCUT2D eigenvalue weighted by atomic mass is 10.2. The third-order valence-electron chi connectivity index (χ3n) is 4.13. The smallest absolute Gasteiger partial charge is 0.347 e. The maximum Gasteiger partial charge on any atom is 0.347 e. The van der Waals surface area contributed by atoms with Crippen LogP contribution in [0.5, 0.6) is 0 Å². The zero-order valence-corrected chi connectivity index (χ0v) is 20.9. The number of hydrogen-bond donors (Lipinski definition) is 0. The molecule has 0 unspecified atom stereocenters. The minimum atomic E-state index is -1.40. The van der Waals surface area contributed by atoms with Crippen molar-refractivity contribution in [1.82, 2.24) is 0 Å². The Morgan fingerprint density at radius 3 is 1.74 bits per heavy atom. The maximum absolute atomic E-state index is 12.2. The van der Waals surface area contributed by atoms with E-state index in [1.165, 1.54) is 27.7 Å². The molecular formula is C24H32NO10-. The minimum Gasteiger partial charge on any atom is -0.595 e. The van der Waals surface area contributed by atoms with Gasteiger partial charge in [0.1, 0.15) is 18.7 Å². The molecule has 0 aliphatic heterocycles. The fraction of sp³-hybridized carbons (Fsp3) is 0.542. The number of carbonyl (C=O) groups is 4. The van der Waals surface area contributed by atoms with Crippen molar-refractivity contribution in [3.63, 3.8) is 0 Å². The summed E-state index contributed by atoms with van der Waals surface area (Å²) in [7, 11) is 0. The lowest BCUT2D eigenvalue weighted by molar-refractivity contribution is -0.261. The summed E-state index contributed by atoms with van der Waals surface area (Å²) in [6.45, 7) is 10.0. The number of benzene rings is 1. The van der Waals surface area contributed by atoms with Gasteiger partial charge in [0.25, 0.3) is 0 Å². The second kappa shape index (κ2) is 13.3. The molecule has 0 heterocycles. The molecule has 0 amide bonds. The van der Waals surface area contributed by atoms with Crippen molar-refractivity contribution in [1.29, 1.82) is 0 Å². The minimum absolute atomic E-state index is 0.00756. The van der Waals surface area contributed by atoms with Gasteiger partial charge in [-0.15, -0.1) is 0 Å². The van der Waals surface area contributed by atoms with Crippen LogP contribution in [0.15, 0.2) is 35.3 Å². The van der Waals surface area contributed by atoms with Gasteiger partial charge in [-0.1, -0.05) is 51.1 Å². The number of rotatable bonds is 10. The van der Waals surface area contributed by atoms with Crippen molar-refractivity contribution in [3.8, 4) is 0 Å². The topological polar surface area (TPSA) is 150 Å². The monoisotopic (exact) mass is 494 g/mol. The summed E-state index contributed by atoms with van der Waals surface area (Å²) in [5.74, 6) is -3.77. The van der Waals surface area contributed by atoms with Crippen LogP contribution in [0.4, 0.5) is 0 Å². The van der Waals surface area contributed by atoms with Gasteiger partial charge >= 0.3 is 23.9 Å². The molecule has 11 nitrogen and oxygen atoms in total. The second-order valence-electron chi connectivity index (χ2n) is 8.62. The first kappa shape index (κ1) is 29.4. The summed E-state index contributed by atoms with van der Waals surface area (Å²) in [6, 6.07) is 7.71. The lowest BCUT2D eigenvalue weighted by Crippen LogP contribution is -2.37. The number of aliphatic imine (C=N–C) groups is 1. The Hall–Kier alpha value is -3.63. The summed E-state index contributed by atoms with van der Waals surface area (Å²) in [5.41, 5.74) is -0.0271. The van der Waals surface area contributed by atoms with Gasteiger partial charge in [-0.25, -0.2) is 19.2 Å². The molecule has 4 atom stereocenters.